The molecule has 2 nitrogen and oxygen atoms in total. The lowest BCUT2D eigenvalue weighted by atomic mass is 9.70. The number of nitrogens with zero attached hydrogens (tertiary/aromatic N) is 1. The predicted molar refractivity (Wildman–Crippen MR) is 256 cm³/mol. The zero-order valence-corrected chi connectivity index (χ0v) is 34.6. The molecule has 10 aromatic rings. The maximum atomic E-state index is 6.78. The van der Waals surface area contributed by atoms with Gasteiger partial charge in [-0.25, -0.2) is 0 Å². The van der Waals surface area contributed by atoms with Gasteiger partial charge in [0.2, 0.25) is 0 Å². The summed E-state index contributed by atoms with van der Waals surface area (Å²) in [6.45, 7) is 4.72. The lowest BCUT2D eigenvalue weighted by Gasteiger charge is -2.30. The van der Waals surface area contributed by atoms with Gasteiger partial charge in [-0.1, -0.05) is 178 Å². The standard InChI is InChI=1S/C60H41NO/c1-59(2)51-23-10-6-19-45(51)47-34-32-44(37-54(47)59)61(42-30-27-39(28-31-42)38-15-4-3-5-16-38)43-18-14-17-40(35-43)41-29-33-48-46-20-7-11-24-52(46)60(55(48)36-41)53-25-12-8-21-49(53)58-57(60)50-22-9-13-26-56(50)62-58/h3-37H,1-2H3. The molecular weight excluding hydrogens is 751 g/mol. The molecule has 0 saturated heterocycles. The third-order valence-corrected chi connectivity index (χ3v) is 14.1. The van der Waals surface area contributed by atoms with E-state index in [0.717, 1.165) is 28.4 Å². The smallest absolute Gasteiger partial charge is 0.140 e. The van der Waals surface area contributed by atoms with Crippen molar-refractivity contribution in [2.24, 2.45) is 0 Å². The van der Waals surface area contributed by atoms with Crippen LogP contribution in [0.25, 0.3) is 66.8 Å². The van der Waals surface area contributed by atoms with Gasteiger partial charge in [0.05, 0.1) is 5.41 Å². The summed E-state index contributed by atoms with van der Waals surface area (Å²) in [6.07, 6.45) is 0. The van der Waals surface area contributed by atoms with Crippen LogP contribution in [0, 0.1) is 0 Å². The summed E-state index contributed by atoms with van der Waals surface area (Å²) < 4.78 is 6.78. The summed E-state index contributed by atoms with van der Waals surface area (Å²) in [5.41, 5.74) is 22.6. The van der Waals surface area contributed by atoms with Crippen molar-refractivity contribution in [3.63, 3.8) is 0 Å². The summed E-state index contributed by atoms with van der Waals surface area (Å²) in [5, 5.41) is 1.17. The number of anilines is 3. The van der Waals surface area contributed by atoms with E-state index in [2.05, 4.69) is 231 Å². The van der Waals surface area contributed by atoms with Crippen LogP contribution in [-0.4, -0.2) is 0 Å². The molecular formula is C60H41NO. The molecule has 3 aliphatic rings. The Morgan fingerprint density at radius 3 is 1.69 bits per heavy atom. The number of para-hydroxylation sites is 1. The highest BCUT2D eigenvalue weighted by Gasteiger charge is 2.54. The average molecular weight is 792 g/mol. The number of fused-ring (bicyclic) bond motifs is 15. The number of benzene rings is 9. The van der Waals surface area contributed by atoms with Crippen molar-refractivity contribution in [1.29, 1.82) is 0 Å². The Labute approximate surface area is 362 Å². The van der Waals surface area contributed by atoms with Crippen LogP contribution in [0.3, 0.4) is 0 Å². The van der Waals surface area contributed by atoms with Crippen LogP contribution in [-0.2, 0) is 10.8 Å². The fourth-order valence-electron chi connectivity index (χ4n) is 11.3. The van der Waals surface area contributed by atoms with Crippen LogP contribution in [0.1, 0.15) is 47.2 Å². The highest BCUT2D eigenvalue weighted by molar-refractivity contribution is 6.02. The van der Waals surface area contributed by atoms with Crippen molar-refractivity contribution in [2.45, 2.75) is 24.7 Å². The third-order valence-electron chi connectivity index (χ3n) is 14.1. The number of rotatable bonds is 5. The molecule has 0 aliphatic heterocycles. The minimum absolute atomic E-state index is 0.121. The van der Waals surface area contributed by atoms with E-state index in [9.17, 15) is 0 Å². The van der Waals surface area contributed by atoms with Gasteiger partial charge in [-0.05, 0) is 121 Å². The van der Waals surface area contributed by atoms with Crippen molar-refractivity contribution >= 4 is 28.0 Å². The summed E-state index contributed by atoms with van der Waals surface area (Å²) in [5.74, 6) is 0.978. The van der Waals surface area contributed by atoms with Crippen LogP contribution in [0.4, 0.5) is 17.1 Å². The molecule has 0 fully saturated rings. The van der Waals surface area contributed by atoms with Gasteiger partial charge in [0.1, 0.15) is 11.3 Å². The van der Waals surface area contributed by atoms with Gasteiger partial charge in [0.15, 0.2) is 0 Å². The molecule has 1 heterocycles. The monoisotopic (exact) mass is 791 g/mol. The topological polar surface area (TPSA) is 16.4 Å². The SMILES string of the molecule is CC1(C)c2ccccc2-c2ccc(N(c3ccc(-c4ccccc4)cc3)c3cccc(-c4ccc5c(c4)C4(c6ccccc6-5)c5ccccc5-c5oc6ccccc6c54)c3)cc21. The fraction of sp³-hybridized carbons (Fsp3) is 0.0667. The molecule has 1 spiro atoms. The van der Waals surface area contributed by atoms with Crippen LogP contribution >= 0.6 is 0 Å². The Morgan fingerprint density at radius 2 is 0.887 bits per heavy atom. The number of hydrogen-bond acceptors (Lipinski definition) is 2. The maximum absolute atomic E-state index is 6.78. The van der Waals surface area contributed by atoms with Crippen LogP contribution in [0.5, 0.6) is 0 Å². The van der Waals surface area contributed by atoms with E-state index < -0.39 is 5.41 Å². The normalized spacial score (nSPS) is 15.8. The summed E-state index contributed by atoms with van der Waals surface area (Å²) in [7, 11) is 0. The molecule has 1 atom stereocenters. The van der Waals surface area contributed by atoms with Crippen molar-refractivity contribution < 1.29 is 4.42 Å². The Kier molecular flexibility index (Phi) is 7.31. The van der Waals surface area contributed by atoms with Gasteiger partial charge in [0, 0.05) is 39.0 Å². The first-order valence-electron chi connectivity index (χ1n) is 21.7. The van der Waals surface area contributed by atoms with E-state index >= 15 is 0 Å². The zero-order chi connectivity index (χ0) is 41.2. The second-order valence-corrected chi connectivity index (χ2v) is 17.6. The van der Waals surface area contributed by atoms with Crippen LogP contribution < -0.4 is 4.90 Å². The number of furan rings is 1. The molecule has 9 aromatic carbocycles. The molecule has 0 bridgehead atoms. The first-order valence-corrected chi connectivity index (χ1v) is 21.7. The lowest BCUT2D eigenvalue weighted by molar-refractivity contribution is 0.628. The quantitative estimate of drug-likeness (QED) is 0.173. The minimum Gasteiger partial charge on any atom is -0.456 e. The second-order valence-electron chi connectivity index (χ2n) is 17.6. The zero-order valence-electron chi connectivity index (χ0n) is 34.6. The van der Waals surface area contributed by atoms with Crippen molar-refractivity contribution in [2.75, 3.05) is 4.90 Å². The second kappa shape index (κ2) is 12.9. The highest BCUT2D eigenvalue weighted by atomic mass is 16.3. The molecule has 0 amide bonds. The van der Waals surface area contributed by atoms with E-state index in [-0.39, 0.29) is 5.41 Å². The summed E-state index contributed by atoms with van der Waals surface area (Å²) in [6, 6.07) is 78.3. The summed E-state index contributed by atoms with van der Waals surface area (Å²) in [4.78, 5) is 2.43. The van der Waals surface area contributed by atoms with Gasteiger partial charge < -0.3 is 9.32 Å². The molecule has 13 rings (SSSR count). The first-order chi connectivity index (χ1) is 30.5. The molecule has 0 saturated carbocycles. The van der Waals surface area contributed by atoms with Gasteiger partial charge in [-0.2, -0.15) is 0 Å². The summed E-state index contributed by atoms with van der Waals surface area (Å²) >= 11 is 0. The lowest BCUT2D eigenvalue weighted by Crippen LogP contribution is -2.25. The van der Waals surface area contributed by atoms with E-state index in [1.54, 1.807) is 0 Å². The fourth-order valence-corrected chi connectivity index (χ4v) is 11.3. The molecule has 292 valence electrons. The Balaban J connectivity index is 0.990. The maximum Gasteiger partial charge on any atom is 0.140 e. The molecule has 0 radical (unpaired) electrons. The van der Waals surface area contributed by atoms with Crippen LogP contribution in [0.2, 0.25) is 0 Å². The highest BCUT2D eigenvalue weighted by Crippen LogP contribution is 2.65. The van der Waals surface area contributed by atoms with E-state index in [1.165, 1.54) is 88.8 Å². The molecule has 62 heavy (non-hydrogen) atoms. The number of hydrogen-bond donors (Lipinski definition) is 0. The van der Waals surface area contributed by atoms with E-state index in [0.29, 0.717) is 0 Å². The van der Waals surface area contributed by atoms with Crippen molar-refractivity contribution in [3.05, 3.63) is 246 Å². The Morgan fingerprint density at radius 1 is 0.355 bits per heavy atom. The van der Waals surface area contributed by atoms with Gasteiger partial charge in [-0.3, -0.25) is 0 Å². The Bertz CT molecular complexity index is 3440. The molecule has 2 heteroatoms. The third kappa shape index (κ3) is 4.75. The first kappa shape index (κ1) is 35.1. The molecule has 3 aliphatic carbocycles. The van der Waals surface area contributed by atoms with Crippen LogP contribution in [0.15, 0.2) is 217 Å². The minimum atomic E-state index is -0.514. The van der Waals surface area contributed by atoms with Gasteiger partial charge in [-0.15, -0.1) is 0 Å². The van der Waals surface area contributed by atoms with E-state index in [4.69, 9.17) is 4.42 Å². The van der Waals surface area contributed by atoms with Gasteiger partial charge in [0.25, 0.3) is 0 Å². The predicted octanol–water partition coefficient (Wildman–Crippen LogP) is 15.9. The van der Waals surface area contributed by atoms with Gasteiger partial charge >= 0.3 is 0 Å². The van der Waals surface area contributed by atoms with Crippen molar-refractivity contribution in [1.82, 2.24) is 0 Å². The average Bonchev–Trinajstić information content (AvgIpc) is 4.01. The Hall–Kier alpha value is -7.68. The largest absolute Gasteiger partial charge is 0.456 e. The molecule has 1 unspecified atom stereocenters. The molecule has 0 N–H and O–H groups in total. The molecule has 1 aromatic heterocycles. The van der Waals surface area contributed by atoms with E-state index in [1.807, 2.05) is 0 Å². The van der Waals surface area contributed by atoms with Crippen molar-refractivity contribution in [3.8, 4) is 55.8 Å².